The summed E-state index contributed by atoms with van der Waals surface area (Å²) in [4.78, 5) is 0. The molecule has 0 amide bonds. The van der Waals surface area contributed by atoms with E-state index in [2.05, 4.69) is 0 Å². The van der Waals surface area contributed by atoms with Gasteiger partial charge >= 0.3 is 0 Å². The highest BCUT2D eigenvalue weighted by Gasteiger charge is 2.53. The number of rotatable bonds is 4. The molecule has 0 aliphatic carbocycles. The lowest BCUT2D eigenvalue weighted by Gasteiger charge is -2.34. The van der Waals surface area contributed by atoms with Crippen LogP contribution in [0.15, 0.2) is 54.6 Å². The summed E-state index contributed by atoms with van der Waals surface area (Å²) in [6.45, 7) is 0. The zero-order valence-electron chi connectivity index (χ0n) is 14.3. The number of para-hydroxylation sites is 1. The highest BCUT2D eigenvalue weighted by molar-refractivity contribution is 7.87. The Labute approximate surface area is 186 Å². The Morgan fingerprint density at radius 2 is 1.41 bits per heavy atom. The molecule has 0 bridgehead atoms. The molecule has 0 aliphatic heterocycles. The fourth-order valence-corrected chi connectivity index (χ4v) is 5.88. The summed E-state index contributed by atoms with van der Waals surface area (Å²) in [5.74, 6) is -1.40. The first kappa shape index (κ1) is 22.0. The van der Waals surface area contributed by atoms with Gasteiger partial charge in [0.25, 0.3) is 10.1 Å². The number of aromatic hydroxyl groups is 2. The predicted octanol–water partition coefficient (Wildman–Crippen LogP) is 5.89. The van der Waals surface area contributed by atoms with E-state index >= 15 is 0 Å². The molecule has 3 aromatic carbocycles. The van der Waals surface area contributed by atoms with Gasteiger partial charge in [0.2, 0.25) is 0 Å². The average molecular weight is 494 g/mol. The molecule has 0 fully saturated rings. The lowest BCUT2D eigenvalue weighted by atomic mass is 9.83. The molecule has 5 nitrogen and oxygen atoms in total. The molecule has 1 unspecified atom stereocenters. The summed E-state index contributed by atoms with van der Waals surface area (Å²) in [6.07, 6.45) is 0. The van der Waals surface area contributed by atoms with Gasteiger partial charge in [0.05, 0.1) is 15.1 Å². The molecule has 3 N–H and O–H groups in total. The van der Waals surface area contributed by atoms with E-state index in [1.807, 2.05) is 0 Å². The van der Waals surface area contributed by atoms with E-state index in [1.165, 1.54) is 42.5 Å². The van der Waals surface area contributed by atoms with Gasteiger partial charge in [-0.1, -0.05) is 88.9 Å². The molecule has 0 aliphatic rings. The van der Waals surface area contributed by atoms with E-state index in [1.54, 1.807) is 6.07 Å². The van der Waals surface area contributed by atoms with Crippen LogP contribution in [0.3, 0.4) is 0 Å². The minimum Gasteiger partial charge on any atom is -0.504 e. The smallest absolute Gasteiger partial charge is 0.283 e. The van der Waals surface area contributed by atoms with E-state index in [9.17, 15) is 23.2 Å². The van der Waals surface area contributed by atoms with Gasteiger partial charge in [0, 0.05) is 16.1 Å². The SMILES string of the molecule is O=S(=O)(O)C(c1ccccc1)(c1cccc(O)c1O)c1c(Cl)cc(Cl)c(Cl)c1Cl. The van der Waals surface area contributed by atoms with Gasteiger partial charge in [0.15, 0.2) is 16.2 Å². The highest BCUT2D eigenvalue weighted by atomic mass is 35.5. The first-order valence-electron chi connectivity index (χ1n) is 7.91. The van der Waals surface area contributed by atoms with Crippen LogP contribution in [-0.2, 0) is 14.9 Å². The van der Waals surface area contributed by atoms with E-state index in [0.717, 1.165) is 6.07 Å². The fraction of sp³-hybridized carbons (Fsp3) is 0.0526. The summed E-state index contributed by atoms with van der Waals surface area (Å²) >= 11 is 24.9. The summed E-state index contributed by atoms with van der Waals surface area (Å²) in [5.41, 5.74) is -0.719. The minimum atomic E-state index is -5.14. The van der Waals surface area contributed by atoms with E-state index < -0.39 is 26.4 Å². The summed E-state index contributed by atoms with van der Waals surface area (Å²) in [5, 5.41) is 19.8. The van der Waals surface area contributed by atoms with Crippen LogP contribution in [0.1, 0.15) is 16.7 Å². The number of phenols is 2. The summed E-state index contributed by atoms with van der Waals surface area (Å²) in [6, 6.07) is 12.3. The molecule has 0 aromatic heterocycles. The largest absolute Gasteiger partial charge is 0.504 e. The zero-order chi connectivity index (χ0) is 21.6. The molecule has 29 heavy (non-hydrogen) atoms. The Kier molecular flexibility index (Phi) is 5.98. The van der Waals surface area contributed by atoms with Crippen molar-refractivity contribution in [2.45, 2.75) is 4.75 Å². The van der Waals surface area contributed by atoms with Gasteiger partial charge in [-0.2, -0.15) is 8.42 Å². The second-order valence-electron chi connectivity index (χ2n) is 6.04. The molecular weight excluding hydrogens is 482 g/mol. The van der Waals surface area contributed by atoms with Gasteiger partial charge in [-0.25, -0.2) is 0 Å². The van der Waals surface area contributed by atoms with Gasteiger partial charge in [0.1, 0.15) is 0 Å². The Morgan fingerprint density at radius 1 is 0.793 bits per heavy atom. The molecule has 0 heterocycles. The van der Waals surface area contributed by atoms with Crippen molar-refractivity contribution in [1.82, 2.24) is 0 Å². The van der Waals surface area contributed by atoms with Crippen LogP contribution in [0.5, 0.6) is 11.5 Å². The number of benzene rings is 3. The zero-order valence-corrected chi connectivity index (χ0v) is 18.1. The molecule has 152 valence electrons. The van der Waals surface area contributed by atoms with Crippen LogP contribution in [0.25, 0.3) is 0 Å². The third kappa shape index (κ3) is 3.44. The monoisotopic (exact) mass is 492 g/mol. The van der Waals surface area contributed by atoms with Crippen LogP contribution in [-0.4, -0.2) is 23.2 Å². The molecule has 10 heteroatoms. The third-order valence-corrected chi connectivity index (χ3v) is 7.42. The van der Waals surface area contributed by atoms with Gasteiger partial charge in [-0.3, -0.25) is 4.55 Å². The molecule has 0 spiro atoms. The number of halogens is 4. The van der Waals surface area contributed by atoms with E-state index in [4.69, 9.17) is 46.4 Å². The normalized spacial score (nSPS) is 13.8. The average Bonchev–Trinajstić information content (AvgIpc) is 2.66. The minimum absolute atomic E-state index is 0.00871. The van der Waals surface area contributed by atoms with Gasteiger partial charge in [-0.05, 0) is 17.7 Å². The van der Waals surface area contributed by atoms with Crippen molar-refractivity contribution in [2.24, 2.45) is 0 Å². The van der Waals surface area contributed by atoms with Gasteiger partial charge in [-0.15, -0.1) is 0 Å². The Bertz CT molecular complexity index is 1200. The standard InChI is InChI=1S/C19H12Cl4O5S/c20-12-9-13(21)16(22)17(23)15(12)19(29(26,27)28,10-5-2-1-3-6-10)11-7-4-8-14(24)18(11)25/h1-9,24-25H,(H,26,27,28). The molecule has 3 rings (SSSR count). The van der Waals surface area contributed by atoms with Crippen molar-refractivity contribution >= 4 is 56.5 Å². The second-order valence-corrected chi connectivity index (χ2v) is 9.17. The maximum absolute atomic E-state index is 13.0. The van der Waals surface area contributed by atoms with Crippen molar-refractivity contribution in [3.8, 4) is 11.5 Å². The van der Waals surface area contributed by atoms with Crippen LogP contribution in [0.4, 0.5) is 0 Å². The van der Waals surface area contributed by atoms with Crippen molar-refractivity contribution in [1.29, 1.82) is 0 Å². The fourth-order valence-electron chi connectivity index (χ4n) is 3.23. The molecular formula is C19H12Cl4O5S. The quantitative estimate of drug-likeness (QED) is 0.138. The Morgan fingerprint density at radius 3 is 2.00 bits per heavy atom. The van der Waals surface area contributed by atoms with Gasteiger partial charge < -0.3 is 10.2 Å². The lowest BCUT2D eigenvalue weighted by molar-refractivity contribution is 0.393. The first-order chi connectivity index (χ1) is 13.5. The third-order valence-electron chi connectivity index (χ3n) is 4.43. The highest BCUT2D eigenvalue weighted by Crippen LogP contribution is 2.54. The van der Waals surface area contributed by atoms with Crippen LogP contribution in [0.2, 0.25) is 20.1 Å². The molecule has 1 atom stereocenters. The number of hydrogen-bond donors (Lipinski definition) is 3. The van der Waals surface area contributed by atoms with Crippen LogP contribution in [0, 0.1) is 0 Å². The summed E-state index contributed by atoms with van der Waals surface area (Å²) in [7, 11) is -5.14. The Balaban J connectivity index is 2.67. The van der Waals surface area contributed by atoms with E-state index in [0.29, 0.717) is 0 Å². The summed E-state index contributed by atoms with van der Waals surface area (Å²) < 4.78 is 33.9. The van der Waals surface area contributed by atoms with Crippen molar-refractivity contribution in [3.63, 3.8) is 0 Å². The predicted molar refractivity (Wildman–Crippen MR) is 114 cm³/mol. The van der Waals surface area contributed by atoms with Crippen LogP contribution < -0.4 is 0 Å². The topological polar surface area (TPSA) is 94.8 Å². The Hall–Kier alpha value is -1.67. The van der Waals surface area contributed by atoms with Crippen molar-refractivity contribution < 1.29 is 23.2 Å². The van der Waals surface area contributed by atoms with Crippen molar-refractivity contribution in [2.75, 3.05) is 0 Å². The molecule has 0 radical (unpaired) electrons. The lowest BCUT2D eigenvalue weighted by Crippen LogP contribution is -2.39. The maximum atomic E-state index is 13.0. The number of hydrogen-bond acceptors (Lipinski definition) is 4. The number of phenolic OH excluding ortho intramolecular Hbond substituents is 2. The molecule has 3 aromatic rings. The molecule has 0 saturated heterocycles. The molecule has 0 saturated carbocycles. The second kappa shape index (κ2) is 7.87. The maximum Gasteiger partial charge on any atom is 0.283 e. The first-order valence-corrected chi connectivity index (χ1v) is 10.9. The van der Waals surface area contributed by atoms with Crippen LogP contribution >= 0.6 is 46.4 Å². The van der Waals surface area contributed by atoms with E-state index in [-0.39, 0.29) is 36.8 Å². The van der Waals surface area contributed by atoms with Crippen molar-refractivity contribution in [3.05, 3.63) is 91.4 Å².